The fourth-order valence-corrected chi connectivity index (χ4v) is 13.2. The molecule has 0 bridgehead atoms. The van der Waals surface area contributed by atoms with Gasteiger partial charge in [-0.15, -0.1) is 0 Å². The molecule has 1 aliphatic heterocycles. The first-order valence-corrected chi connectivity index (χ1v) is 19.9. The van der Waals surface area contributed by atoms with Gasteiger partial charge in [-0.3, -0.25) is 0 Å². The first-order chi connectivity index (χ1) is 23.7. The summed E-state index contributed by atoms with van der Waals surface area (Å²) in [5.41, 5.74) is 14.0. The van der Waals surface area contributed by atoms with Gasteiger partial charge in [-0.1, -0.05) is 103 Å². The second kappa shape index (κ2) is 10.6. The highest BCUT2D eigenvalue weighted by Gasteiger charge is 2.76. The molecule has 2 atom stereocenters. The Hall–Kier alpha value is -3.39. The summed E-state index contributed by atoms with van der Waals surface area (Å²) in [6.07, 6.45) is 14.0. The van der Waals surface area contributed by atoms with Crippen molar-refractivity contribution in [3.8, 4) is 22.6 Å². The van der Waals surface area contributed by atoms with Crippen LogP contribution in [0.1, 0.15) is 120 Å². The number of hydrogen-bond acceptors (Lipinski definition) is 1. The van der Waals surface area contributed by atoms with Crippen LogP contribution in [0.3, 0.4) is 0 Å². The van der Waals surface area contributed by atoms with E-state index in [1.807, 2.05) is 0 Å². The van der Waals surface area contributed by atoms with Crippen LogP contribution in [-0.4, -0.2) is 0 Å². The van der Waals surface area contributed by atoms with E-state index in [-0.39, 0.29) is 11.0 Å². The molecule has 0 amide bonds. The zero-order chi connectivity index (χ0) is 33.4. The largest absolute Gasteiger partial charge is 0.456 e. The lowest BCUT2D eigenvalue weighted by Gasteiger charge is -2.63. The van der Waals surface area contributed by atoms with Crippen LogP contribution in [0.25, 0.3) is 44.5 Å². The van der Waals surface area contributed by atoms with E-state index in [2.05, 4.69) is 107 Å². The number of rotatable bonds is 3. The Balaban J connectivity index is 1.34. The molecule has 3 heterocycles. The fraction of sp³-hybridized carbons (Fsp3) is 0.511. The third-order valence-electron chi connectivity index (χ3n) is 14.7. The highest BCUT2D eigenvalue weighted by atomic mass is 16.3. The molecule has 4 aliphatic carbocycles. The first-order valence-electron chi connectivity index (χ1n) is 19.9. The zero-order valence-corrected chi connectivity index (χ0v) is 30.7. The van der Waals surface area contributed by atoms with Crippen molar-refractivity contribution in [1.82, 2.24) is 0 Å². The van der Waals surface area contributed by atoms with Crippen LogP contribution >= 0.6 is 0 Å². The molecular weight excluding hydrogens is 595 g/mol. The third-order valence-corrected chi connectivity index (χ3v) is 14.7. The van der Waals surface area contributed by atoms with E-state index in [1.165, 1.54) is 114 Å². The van der Waals surface area contributed by atoms with Crippen molar-refractivity contribution >= 4 is 21.9 Å². The molecular formula is C47H54NO+. The Morgan fingerprint density at radius 1 is 0.735 bits per heavy atom. The molecule has 49 heavy (non-hydrogen) atoms. The van der Waals surface area contributed by atoms with Gasteiger partial charge < -0.3 is 4.42 Å². The van der Waals surface area contributed by atoms with Gasteiger partial charge in [-0.05, 0) is 92.0 Å². The van der Waals surface area contributed by atoms with Crippen LogP contribution in [0.15, 0.2) is 65.1 Å². The number of aryl methyl sites for hydroxylation is 2. The molecule has 2 aromatic heterocycles. The first kappa shape index (κ1) is 30.4. The average Bonchev–Trinajstić information content (AvgIpc) is 3.70. The molecule has 2 unspecified atom stereocenters. The smallest absolute Gasteiger partial charge is 0.214 e. The van der Waals surface area contributed by atoms with Gasteiger partial charge in [-0.2, -0.15) is 4.57 Å². The molecule has 2 nitrogen and oxygen atoms in total. The molecule has 0 radical (unpaired) electrons. The summed E-state index contributed by atoms with van der Waals surface area (Å²) in [6.45, 7) is 14.8. The normalized spacial score (nSPS) is 27.4. The molecule has 1 spiro atoms. The van der Waals surface area contributed by atoms with Crippen LogP contribution in [0.5, 0.6) is 0 Å². The van der Waals surface area contributed by atoms with Crippen molar-refractivity contribution in [2.45, 2.75) is 117 Å². The summed E-state index contributed by atoms with van der Waals surface area (Å²) in [4.78, 5) is 0. The van der Waals surface area contributed by atoms with E-state index in [0.29, 0.717) is 17.8 Å². The van der Waals surface area contributed by atoms with Crippen molar-refractivity contribution in [2.75, 3.05) is 0 Å². The monoisotopic (exact) mass is 648 g/mol. The van der Waals surface area contributed by atoms with Gasteiger partial charge in [-0.25, -0.2) is 0 Å². The van der Waals surface area contributed by atoms with Crippen LogP contribution < -0.4 is 4.57 Å². The van der Waals surface area contributed by atoms with Crippen molar-refractivity contribution in [1.29, 1.82) is 0 Å². The van der Waals surface area contributed by atoms with Crippen molar-refractivity contribution in [3.63, 3.8) is 0 Å². The SMILES string of the molecule is Cc1cc(C)c2ccc3[n+](c2c1)C1(c2ccc4c(c2-3)C(C)(C)c2c-4oc3ccccc23)C(C2CCCCC2)C(C(C)C)C1C1CCCCC1. The van der Waals surface area contributed by atoms with E-state index in [1.54, 1.807) is 11.1 Å². The maximum Gasteiger partial charge on any atom is 0.214 e. The van der Waals surface area contributed by atoms with E-state index in [0.717, 1.165) is 29.1 Å². The predicted molar refractivity (Wildman–Crippen MR) is 202 cm³/mol. The Kier molecular flexibility index (Phi) is 6.56. The number of hydrogen-bond donors (Lipinski definition) is 0. The van der Waals surface area contributed by atoms with Crippen LogP contribution in [-0.2, 0) is 11.0 Å². The van der Waals surface area contributed by atoms with Gasteiger partial charge in [0.25, 0.3) is 0 Å². The minimum atomic E-state index is -0.161. The lowest BCUT2D eigenvalue weighted by molar-refractivity contribution is -0.758. The number of pyridine rings is 1. The molecule has 0 saturated heterocycles. The van der Waals surface area contributed by atoms with E-state index >= 15 is 0 Å². The molecule has 3 aromatic carbocycles. The Morgan fingerprint density at radius 2 is 1.41 bits per heavy atom. The van der Waals surface area contributed by atoms with Crippen LogP contribution in [0.2, 0.25) is 0 Å². The van der Waals surface area contributed by atoms with E-state index < -0.39 is 0 Å². The van der Waals surface area contributed by atoms with Crippen LogP contribution in [0, 0.1) is 49.4 Å². The maximum atomic E-state index is 6.79. The van der Waals surface area contributed by atoms with E-state index in [9.17, 15) is 0 Å². The Labute approximate surface area is 293 Å². The van der Waals surface area contributed by atoms with Gasteiger partial charge in [0.05, 0.1) is 5.56 Å². The van der Waals surface area contributed by atoms with Gasteiger partial charge in [0.2, 0.25) is 16.7 Å². The number of benzene rings is 3. The Morgan fingerprint density at radius 3 is 2.08 bits per heavy atom. The van der Waals surface area contributed by atoms with Crippen molar-refractivity contribution in [3.05, 3.63) is 88.5 Å². The van der Waals surface area contributed by atoms with Gasteiger partial charge in [0.1, 0.15) is 11.3 Å². The standard InChI is InChI=1S/C47H54NO/c1-27(2)39-41(30-15-9-7-10-16-30)47(42(39)31-17-11-8-12-18-31)35-23-21-34-43(46(5,6)44-33-19-13-14-20-38(33)49-45(34)44)40(35)36-24-22-32-29(4)25-28(3)26-37(32)48(36)47/h13-14,19-27,30-31,39,41-42H,7-12,15-18H2,1-6H3/q+1. The number of furan rings is 1. The third kappa shape index (κ3) is 3.82. The quantitative estimate of drug-likeness (QED) is 0.178. The molecule has 10 rings (SSSR count). The number of para-hydroxylation sites is 1. The minimum absolute atomic E-state index is 0.0136. The summed E-state index contributed by atoms with van der Waals surface area (Å²) in [5.74, 6) is 5.45. The maximum absolute atomic E-state index is 6.79. The van der Waals surface area contributed by atoms with Gasteiger partial charge >= 0.3 is 0 Å². The summed E-state index contributed by atoms with van der Waals surface area (Å²) in [5, 5.41) is 2.72. The second-order valence-electron chi connectivity index (χ2n) is 17.9. The van der Waals surface area contributed by atoms with E-state index in [4.69, 9.17) is 4.42 Å². The summed E-state index contributed by atoms with van der Waals surface area (Å²) >= 11 is 0. The molecule has 252 valence electrons. The number of fused-ring (bicyclic) bond motifs is 13. The number of aromatic nitrogens is 1. The molecule has 2 heteroatoms. The van der Waals surface area contributed by atoms with Crippen molar-refractivity contribution in [2.24, 2.45) is 35.5 Å². The zero-order valence-electron chi connectivity index (χ0n) is 30.7. The summed E-state index contributed by atoms with van der Waals surface area (Å²) in [7, 11) is 0. The van der Waals surface area contributed by atoms with Gasteiger partial charge in [0, 0.05) is 56.8 Å². The lowest BCUT2D eigenvalue weighted by atomic mass is 9.39. The topological polar surface area (TPSA) is 17.0 Å². The minimum Gasteiger partial charge on any atom is -0.456 e. The Bertz CT molecular complexity index is 2120. The molecule has 3 fully saturated rings. The van der Waals surface area contributed by atoms with Gasteiger partial charge in [0.15, 0.2) is 0 Å². The average molecular weight is 649 g/mol. The van der Waals surface area contributed by atoms with Crippen molar-refractivity contribution < 1.29 is 8.98 Å². The second-order valence-corrected chi connectivity index (χ2v) is 17.9. The highest BCUT2D eigenvalue weighted by Crippen LogP contribution is 2.70. The lowest BCUT2D eigenvalue weighted by Crippen LogP contribution is -2.77. The molecule has 0 N–H and O–H groups in total. The summed E-state index contributed by atoms with van der Waals surface area (Å²) in [6, 6.07) is 23.9. The van der Waals surface area contributed by atoms with Crippen LogP contribution in [0.4, 0.5) is 0 Å². The summed E-state index contributed by atoms with van der Waals surface area (Å²) < 4.78 is 9.82. The highest BCUT2D eigenvalue weighted by molar-refractivity contribution is 5.98. The molecule has 5 aromatic rings. The number of nitrogens with zero attached hydrogens (tertiary/aromatic N) is 1. The fourth-order valence-electron chi connectivity index (χ4n) is 13.2. The predicted octanol–water partition coefficient (Wildman–Crippen LogP) is 12.2. The molecule has 5 aliphatic rings. The molecule has 3 saturated carbocycles.